The number of hydrogen-bond acceptors (Lipinski definition) is 4. The van der Waals surface area contributed by atoms with E-state index in [9.17, 15) is 12.8 Å². The molecule has 1 atom stereocenters. The third-order valence-corrected chi connectivity index (χ3v) is 7.92. The zero-order chi connectivity index (χ0) is 23.9. The van der Waals surface area contributed by atoms with Crippen LogP contribution in [0.2, 0.25) is 0 Å². The Morgan fingerprint density at radius 3 is 2.38 bits per heavy atom. The second-order valence-corrected chi connectivity index (χ2v) is 10.2. The summed E-state index contributed by atoms with van der Waals surface area (Å²) < 4.78 is 48.2. The molecule has 0 N–H and O–H groups in total. The molecule has 1 aliphatic heterocycles. The van der Waals surface area contributed by atoms with Crippen LogP contribution in [-0.4, -0.2) is 27.1 Å². The minimum absolute atomic E-state index is 0.128. The molecule has 0 saturated heterocycles. The van der Waals surface area contributed by atoms with Gasteiger partial charge in [-0.3, -0.25) is 0 Å². The van der Waals surface area contributed by atoms with E-state index in [1.54, 1.807) is 42.6 Å². The van der Waals surface area contributed by atoms with E-state index in [2.05, 4.69) is 4.98 Å². The molecular weight excluding hydrogens is 451 g/mol. The van der Waals surface area contributed by atoms with E-state index in [-0.39, 0.29) is 23.1 Å². The fourth-order valence-corrected chi connectivity index (χ4v) is 5.77. The van der Waals surface area contributed by atoms with Crippen molar-refractivity contribution in [1.29, 1.82) is 0 Å². The van der Waals surface area contributed by atoms with Crippen LogP contribution in [0.5, 0.6) is 5.75 Å². The summed E-state index contributed by atoms with van der Waals surface area (Å²) in [4.78, 5) is 4.78. The van der Waals surface area contributed by atoms with Gasteiger partial charge in [0.25, 0.3) is 10.0 Å². The normalized spacial score (nSPS) is 15.3. The molecule has 1 aromatic heterocycles. The predicted octanol–water partition coefficient (Wildman–Crippen LogP) is 5.55. The second kappa shape index (κ2) is 8.57. The average molecular weight is 475 g/mol. The molecule has 2 heterocycles. The van der Waals surface area contributed by atoms with Crippen LogP contribution in [0.25, 0.3) is 11.1 Å². The number of benzene rings is 3. The largest absolute Gasteiger partial charge is 0.494 e. The van der Waals surface area contributed by atoms with Gasteiger partial charge >= 0.3 is 0 Å². The summed E-state index contributed by atoms with van der Waals surface area (Å²) in [5, 5.41) is 0. The number of sulfonamides is 1. The van der Waals surface area contributed by atoms with Crippen LogP contribution in [0.3, 0.4) is 0 Å². The molecule has 0 bridgehead atoms. The molecule has 5 nitrogen and oxygen atoms in total. The molecule has 7 heteroatoms. The summed E-state index contributed by atoms with van der Waals surface area (Å²) >= 11 is 0. The van der Waals surface area contributed by atoms with Crippen LogP contribution < -0.4 is 9.04 Å². The van der Waals surface area contributed by atoms with Gasteiger partial charge in [-0.2, -0.15) is 0 Å². The number of pyridine rings is 1. The maximum Gasteiger partial charge on any atom is 0.265 e. The molecule has 0 aliphatic carbocycles. The maximum absolute atomic E-state index is 14.6. The Morgan fingerprint density at radius 1 is 0.971 bits per heavy atom. The zero-order valence-electron chi connectivity index (χ0n) is 18.8. The van der Waals surface area contributed by atoms with Crippen LogP contribution in [0, 0.1) is 12.7 Å². The lowest BCUT2D eigenvalue weighted by Crippen LogP contribution is -2.30. The van der Waals surface area contributed by atoms with Gasteiger partial charge in [0, 0.05) is 29.8 Å². The molecule has 1 aliphatic rings. The highest BCUT2D eigenvalue weighted by Gasteiger charge is 2.39. The quantitative estimate of drug-likeness (QED) is 0.381. The molecule has 3 aromatic carbocycles. The van der Waals surface area contributed by atoms with Crippen molar-refractivity contribution < 1.29 is 17.5 Å². The van der Waals surface area contributed by atoms with Crippen LogP contribution in [0.4, 0.5) is 10.2 Å². The van der Waals surface area contributed by atoms with Crippen LogP contribution in [-0.2, 0) is 10.0 Å². The first-order valence-corrected chi connectivity index (χ1v) is 12.3. The molecule has 0 spiro atoms. The zero-order valence-corrected chi connectivity index (χ0v) is 19.6. The van der Waals surface area contributed by atoms with Gasteiger partial charge in [-0.15, -0.1) is 0 Å². The van der Waals surface area contributed by atoms with Gasteiger partial charge in [0.15, 0.2) is 11.6 Å². The van der Waals surface area contributed by atoms with Gasteiger partial charge in [-0.25, -0.2) is 22.1 Å². The number of hydrogen-bond donors (Lipinski definition) is 0. The van der Waals surface area contributed by atoms with Gasteiger partial charge in [0.1, 0.15) is 5.82 Å². The highest BCUT2D eigenvalue weighted by Crippen LogP contribution is 2.43. The number of nitrogens with zero attached hydrogens (tertiary/aromatic N) is 2. The van der Waals surface area contributed by atoms with E-state index in [1.807, 2.05) is 43.3 Å². The molecule has 0 fully saturated rings. The molecule has 34 heavy (non-hydrogen) atoms. The Labute approximate surface area is 198 Å². The summed E-state index contributed by atoms with van der Waals surface area (Å²) in [6.07, 6.45) is 1.68. The molecule has 0 amide bonds. The lowest BCUT2D eigenvalue weighted by Gasteiger charge is -2.19. The van der Waals surface area contributed by atoms with Crippen molar-refractivity contribution in [3.63, 3.8) is 0 Å². The SMILES string of the molecule is COc1ccc(C2CN(S(=O)(=O)c3ccc(C)cc3)c3ncc(-c4ccccc4)cc32)cc1F. The lowest BCUT2D eigenvalue weighted by molar-refractivity contribution is 0.386. The van der Waals surface area contributed by atoms with Crippen molar-refractivity contribution in [2.45, 2.75) is 17.7 Å². The monoisotopic (exact) mass is 474 g/mol. The topological polar surface area (TPSA) is 59.5 Å². The smallest absolute Gasteiger partial charge is 0.265 e. The molecule has 5 rings (SSSR count). The number of aryl methyl sites for hydroxylation is 1. The van der Waals surface area contributed by atoms with Crippen LogP contribution in [0.15, 0.2) is 90.0 Å². The van der Waals surface area contributed by atoms with Crippen LogP contribution >= 0.6 is 0 Å². The summed E-state index contributed by atoms with van der Waals surface area (Å²) in [5.41, 5.74) is 4.21. The summed E-state index contributed by atoms with van der Waals surface area (Å²) in [6, 6.07) is 23.2. The molecule has 4 aromatic rings. The number of aromatic nitrogens is 1. The van der Waals surface area contributed by atoms with E-state index >= 15 is 0 Å². The number of ether oxygens (including phenoxy) is 1. The summed E-state index contributed by atoms with van der Waals surface area (Å²) in [5.74, 6) is -0.371. The first-order valence-electron chi connectivity index (χ1n) is 10.9. The van der Waals surface area contributed by atoms with E-state index in [0.29, 0.717) is 11.4 Å². The van der Waals surface area contributed by atoms with Gasteiger partial charge in [-0.05, 0) is 48.4 Å². The minimum Gasteiger partial charge on any atom is -0.494 e. The Bertz CT molecular complexity index is 1460. The fourth-order valence-electron chi connectivity index (χ4n) is 4.31. The molecule has 1 unspecified atom stereocenters. The Hall–Kier alpha value is -3.71. The van der Waals surface area contributed by atoms with Crippen molar-refractivity contribution in [1.82, 2.24) is 4.98 Å². The third-order valence-electron chi connectivity index (χ3n) is 6.15. The average Bonchev–Trinajstić information content (AvgIpc) is 3.24. The van der Waals surface area contributed by atoms with Crippen molar-refractivity contribution in [3.8, 4) is 16.9 Å². The van der Waals surface area contributed by atoms with Gasteiger partial charge in [0.2, 0.25) is 0 Å². The summed E-state index contributed by atoms with van der Waals surface area (Å²) in [6.45, 7) is 2.03. The fraction of sp³-hybridized carbons (Fsp3) is 0.148. The number of rotatable bonds is 5. The standard InChI is InChI=1S/C27H23FN2O3S/c1-18-8-11-22(12-9-18)34(31,32)30-17-24(20-10-13-26(33-2)25(28)15-20)23-14-21(16-29-27(23)30)19-6-4-3-5-7-19/h3-16,24H,17H2,1-2H3. The Kier molecular flexibility index (Phi) is 5.57. The Balaban J connectivity index is 1.65. The number of fused-ring (bicyclic) bond motifs is 1. The third kappa shape index (κ3) is 3.82. The van der Waals surface area contributed by atoms with Crippen LogP contribution in [0.1, 0.15) is 22.6 Å². The first kappa shape index (κ1) is 22.1. The molecule has 0 radical (unpaired) electrons. The van der Waals surface area contributed by atoms with E-state index in [4.69, 9.17) is 4.74 Å². The first-order chi connectivity index (χ1) is 16.4. The molecule has 0 saturated carbocycles. The predicted molar refractivity (Wildman–Crippen MR) is 130 cm³/mol. The Morgan fingerprint density at radius 2 is 1.71 bits per heavy atom. The van der Waals surface area contributed by atoms with E-state index < -0.39 is 15.8 Å². The highest BCUT2D eigenvalue weighted by molar-refractivity contribution is 7.92. The maximum atomic E-state index is 14.6. The van der Waals surface area contributed by atoms with Crippen molar-refractivity contribution >= 4 is 15.8 Å². The van der Waals surface area contributed by atoms with E-state index in [1.165, 1.54) is 17.5 Å². The number of halogens is 1. The summed E-state index contributed by atoms with van der Waals surface area (Å²) in [7, 11) is -2.45. The van der Waals surface area contributed by atoms with Gasteiger partial charge < -0.3 is 4.74 Å². The van der Waals surface area contributed by atoms with E-state index in [0.717, 1.165) is 22.3 Å². The van der Waals surface area contributed by atoms with Gasteiger partial charge in [0.05, 0.1) is 12.0 Å². The minimum atomic E-state index is -3.86. The lowest BCUT2D eigenvalue weighted by atomic mass is 9.92. The number of anilines is 1. The molecular formula is C27H23FN2O3S. The van der Waals surface area contributed by atoms with Gasteiger partial charge in [-0.1, -0.05) is 54.1 Å². The van der Waals surface area contributed by atoms with Crippen molar-refractivity contribution in [2.24, 2.45) is 0 Å². The van der Waals surface area contributed by atoms with Crippen molar-refractivity contribution in [2.75, 3.05) is 18.0 Å². The molecule has 172 valence electrons. The highest BCUT2D eigenvalue weighted by atomic mass is 32.2. The second-order valence-electron chi connectivity index (χ2n) is 8.30. The number of methoxy groups -OCH3 is 1. The van der Waals surface area contributed by atoms with Crippen molar-refractivity contribution in [3.05, 3.63) is 108 Å².